The van der Waals surface area contributed by atoms with Crippen LogP contribution in [0.25, 0.3) is 0 Å². The summed E-state index contributed by atoms with van der Waals surface area (Å²) >= 11 is 1.33. The van der Waals surface area contributed by atoms with E-state index in [1.165, 1.54) is 11.3 Å². The molecule has 1 aromatic carbocycles. The minimum absolute atomic E-state index is 0.0526. The number of nitrogen functional groups attached to an aromatic ring is 1. The van der Waals surface area contributed by atoms with Crippen LogP contribution in [0, 0.1) is 0 Å². The van der Waals surface area contributed by atoms with Gasteiger partial charge in [-0.2, -0.15) is 0 Å². The van der Waals surface area contributed by atoms with Crippen LogP contribution in [0.4, 0.5) is 10.8 Å². The molecule has 23 heavy (non-hydrogen) atoms. The largest absolute Gasteiger partial charge is 0.465 e. The van der Waals surface area contributed by atoms with Gasteiger partial charge in [0.25, 0.3) is 5.91 Å². The number of thiazole rings is 1. The zero-order valence-electron chi connectivity index (χ0n) is 12.7. The number of nitrogens with two attached hydrogens (primary N) is 1. The average molecular weight is 334 g/mol. The van der Waals surface area contributed by atoms with Crippen molar-refractivity contribution < 1.29 is 14.3 Å². The number of nitrogens with one attached hydrogen (secondary N) is 2. The summed E-state index contributed by atoms with van der Waals surface area (Å²) in [4.78, 5) is 27.5. The highest BCUT2D eigenvalue weighted by Crippen LogP contribution is 2.12. The minimum Gasteiger partial charge on any atom is -0.465 e. The summed E-state index contributed by atoms with van der Waals surface area (Å²) in [6.45, 7) is 2.45. The number of benzene rings is 1. The first kappa shape index (κ1) is 16.8. The molecule has 1 heterocycles. The molecule has 0 fully saturated rings. The maximum atomic E-state index is 12.1. The molecule has 0 spiro atoms. The van der Waals surface area contributed by atoms with Crippen molar-refractivity contribution in [1.29, 1.82) is 0 Å². The normalized spacial score (nSPS) is 10.1. The fourth-order valence-electron chi connectivity index (χ4n) is 1.83. The van der Waals surface area contributed by atoms with Gasteiger partial charge in [0, 0.05) is 16.6 Å². The van der Waals surface area contributed by atoms with E-state index in [2.05, 4.69) is 15.6 Å². The van der Waals surface area contributed by atoms with E-state index in [1.54, 1.807) is 36.6 Å². The van der Waals surface area contributed by atoms with Crippen LogP contribution in [0.2, 0.25) is 0 Å². The lowest BCUT2D eigenvalue weighted by molar-refractivity contribution is -0.140. The van der Waals surface area contributed by atoms with Crippen molar-refractivity contribution in [2.45, 2.75) is 13.5 Å². The molecule has 2 aromatic rings. The van der Waals surface area contributed by atoms with E-state index in [0.717, 1.165) is 5.69 Å². The lowest BCUT2D eigenvalue weighted by Gasteiger charge is -2.08. The van der Waals surface area contributed by atoms with Crippen molar-refractivity contribution in [3.8, 4) is 0 Å². The molecular weight excluding hydrogens is 316 g/mol. The lowest BCUT2D eigenvalue weighted by Crippen LogP contribution is -2.23. The Labute approximate surface area is 137 Å². The summed E-state index contributed by atoms with van der Waals surface area (Å²) in [5.74, 6) is -0.570. The zero-order valence-corrected chi connectivity index (χ0v) is 13.5. The number of hydrogen-bond acceptors (Lipinski definition) is 7. The number of esters is 1. The van der Waals surface area contributed by atoms with Gasteiger partial charge in [0.15, 0.2) is 5.13 Å². The fraction of sp³-hybridized carbons (Fsp3) is 0.267. The van der Waals surface area contributed by atoms with Gasteiger partial charge in [-0.3, -0.25) is 9.59 Å². The molecule has 0 saturated carbocycles. The van der Waals surface area contributed by atoms with Gasteiger partial charge in [0.2, 0.25) is 0 Å². The first-order valence-corrected chi connectivity index (χ1v) is 7.94. The van der Waals surface area contributed by atoms with E-state index in [0.29, 0.717) is 29.5 Å². The molecule has 0 bridgehead atoms. The topological polar surface area (TPSA) is 106 Å². The second-order valence-electron chi connectivity index (χ2n) is 4.60. The highest BCUT2D eigenvalue weighted by atomic mass is 32.1. The molecule has 0 unspecified atom stereocenters. The van der Waals surface area contributed by atoms with Crippen molar-refractivity contribution in [2.24, 2.45) is 0 Å². The second-order valence-corrected chi connectivity index (χ2v) is 5.49. The van der Waals surface area contributed by atoms with Crippen LogP contribution in [0.1, 0.15) is 23.0 Å². The Balaban J connectivity index is 1.90. The number of hydrogen-bond donors (Lipinski definition) is 3. The Morgan fingerprint density at radius 2 is 2.22 bits per heavy atom. The van der Waals surface area contributed by atoms with Crippen molar-refractivity contribution in [2.75, 3.05) is 24.2 Å². The van der Waals surface area contributed by atoms with Gasteiger partial charge in [-0.15, -0.1) is 11.3 Å². The highest BCUT2D eigenvalue weighted by molar-refractivity contribution is 7.13. The maximum Gasteiger partial charge on any atom is 0.325 e. The smallest absolute Gasteiger partial charge is 0.325 e. The molecule has 1 amide bonds. The molecule has 0 aliphatic carbocycles. The van der Waals surface area contributed by atoms with Crippen molar-refractivity contribution in [1.82, 2.24) is 10.3 Å². The van der Waals surface area contributed by atoms with Gasteiger partial charge < -0.3 is 21.1 Å². The molecule has 1 aromatic heterocycles. The van der Waals surface area contributed by atoms with E-state index < -0.39 is 0 Å². The van der Waals surface area contributed by atoms with Crippen LogP contribution in [-0.4, -0.2) is 30.0 Å². The summed E-state index contributed by atoms with van der Waals surface area (Å²) in [6.07, 6.45) is 0. The number of aromatic nitrogens is 1. The standard InChI is InChI=1S/C15H18N4O3S/c1-2-22-13(20)8-17-11-5-3-4-10(6-11)14(21)18-7-12-9-23-15(16)19-12/h3-6,9,17H,2,7-8H2,1H3,(H2,16,19)(H,18,21). The summed E-state index contributed by atoms with van der Waals surface area (Å²) in [5.41, 5.74) is 7.42. The predicted octanol–water partition coefficient (Wildman–Crippen LogP) is 1.63. The Morgan fingerprint density at radius 1 is 1.39 bits per heavy atom. The van der Waals surface area contributed by atoms with Crippen LogP contribution in [0.5, 0.6) is 0 Å². The van der Waals surface area contributed by atoms with E-state index in [1.807, 2.05) is 0 Å². The van der Waals surface area contributed by atoms with Crippen LogP contribution < -0.4 is 16.4 Å². The van der Waals surface area contributed by atoms with Crippen LogP contribution in [0.3, 0.4) is 0 Å². The number of ether oxygens (including phenoxy) is 1. The predicted molar refractivity (Wildman–Crippen MR) is 89.3 cm³/mol. The minimum atomic E-state index is -0.344. The number of carbonyl (C=O) groups is 2. The average Bonchev–Trinajstić information content (AvgIpc) is 2.97. The van der Waals surface area contributed by atoms with Crippen molar-refractivity contribution in [3.63, 3.8) is 0 Å². The third-order valence-electron chi connectivity index (χ3n) is 2.87. The number of rotatable bonds is 7. The maximum absolute atomic E-state index is 12.1. The number of nitrogens with zero attached hydrogens (tertiary/aromatic N) is 1. The molecule has 7 nitrogen and oxygen atoms in total. The van der Waals surface area contributed by atoms with E-state index in [-0.39, 0.29) is 18.4 Å². The molecule has 0 atom stereocenters. The third kappa shape index (κ3) is 5.26. The van der Waals surface area contributed by atoms with Crippen LogP contribution in [-0.2, 0) is 16.1 Å². The molecule has 0 radical (unpaired) electrons. The number of amides is 1. The van der Waals surface area contributed by atoms with Gasteiger partial charge in [-0.25, -0.2) is 4.98 Å². The molecule has 0 aliphatic heterocycles. The monoisotopic (exact) mass is 334 g/mol. The first-order chi connectivity index (χ1) is 11.1. The Hall–Kier alpha value is -2.61. The summed E-state index contributed by atoms with van der Waals surface area (Å²) in [5, 5.41) is 7.96. The van der Waals surface area contributed by atoms with Gasteiger partial charge >= 0.3 is 5.97 Å². The lowest BCUT2D eigenvalue weighted by atomic mass is 10.2. The Morgan fingerprint density at radius 3 is 2.91 bits per heavy atom. The van der Waals surface area contributed by atoms with Crippen molar-refractivity contribution in [3.05, 3.63) is 40.9 Å². The molecular formula is C15H18N4O3S. The molecule has 8 heteroatoms. The van der Waals surface area contributed by atoms with Crippen LogP contribution >= 0.6 is 11.3 Å². The number of anilines is 2. The van der Waals surface area contributed by atoms with Gasteiger partial charge in [0.1, 0.15) is 6.54 Å². The first-order valence-electron chi connectivity index (χ1n) is 7.06. The van der Waals surface area contributed by atoms with Gasteiger partial charge in [-0.1, -0.05) is 6.07 Å². The molecule has 0 aliphatic rings. The summed E-state index contributed by atoms with van der Waals surface area (Å²) in [7, 11) is 0. The SMILES string of the molecule is CCOC(=O)CNc1cccc(C(=O)NCc2csc(N)n2)c1. The van der Waals surface area contributed by atoms with Crippen LogP contribution in [0.15, 0.2) is 29.6 Å². The Kier molecular flexibility index (Phi) is 5.93. The van der Waals surface area contributed by atoms with Crippen molar-refractivity contribution >= 4 is 34.0 Å². The van der Waals surface area contributed by atoms with Gasteiger partial charge in [-0.05, 0) is 25.1 Å². The molecule has 0 saturated heterocycles. The van der Waals surface area contributed by atoms with E-state index in [4.69, 9.17) is 10.5 Å². The molecule has 2 rings (SSSR count). The quantitative estimate of drug-likeness (QED) is 0.665. The van der Waals surface area contributed by atoms with Gasteiger partial charge in [0.05, 0.1) is 18.8 Å². The summed E-state index contributed by atoms with van der Waals surface area (Å²) in [6, 6.07) is 6.88. The van der Waals surface area contributed by atoms with E-state index >= 15 is 0 Å². The highest BCUT2D eigenvalue weighted by Gasteiger charge is 2.08. The molecule has 122 valence electrons. The summed E-state index contributed by atoms with van der Waals surface area (Å²) < 4.78 is 4.83. The second kappa shape index (κ2) is 8.14. The zero-order chi connectivity index (χ0) is 16.7. The molecule has 4 N–H and O–H groups in total. The Bertz CT molecular complexity index is 687. The van der Waals surface area contributed by atoms with E-state index in [9.17, 15) is 9.59 Å². The number of carbonyl (C=O) groups excluding carboxylic acids is 2. The third-order valence-corrected chi connectivity index (χ3v) is 3.59. The fourth-order valence-corrected chi connectivity index (χ4v) is 2.40.